The minimum atomic E-state index is -0.181. The third-order valence-corrected chi connectivity index (χ3v) is 8.69. The first-order valence-electron chi connectivity index (χ1n) is 13.6. The third kappa shape index (κ3) is 31.0. The zero-order valence-corrected chi connectivity index (χ0v) is 26.1. The summed E-state index contributed by atoms with van der Waals surface area (Å²) < 4.78 is 0. The van der Waals surface area contributed by atoms with Crippen LogP contribution >= 0.6 is 7.92 Å². The maximum atomic E-state index is 10.2. The maximum Gasteiger partial charge on any atom is 0.134 e. The van der Waals surface area contributed by atoms with Gasteiger partial charge >= 0.3 is 0 Å². The zero-order chi connectivity index (χ0) is 29.6. The molecule has 0 fully saturated rings. The normalized spacial score (nSPS) is 15.7. The molecule has 0 bridgehead atoms. The molecule has 1 aliphatic rings. The molecule has 1 aliphatic heterocycles. The van der Waals surface area contributed by atoms with Crippen molar-refractivity contribution in [2.45, 2.75) is 101 Å². The van der Waals surface area contributed by atoms with Gasteiger partial charge in [-0.25, -0.2) is 5.90 Å². The molecule has 6 N–H and O–H groups in total. The maximum absolute atomic E-state index is 10.2. The van der Waals surface area contributed by atoms with Gasteiger partial charge in [0.1, 0.15) is 12.4 Å². The van der Waals surface area contributed by atoms with E-state index in [0.29, 0.717) is 19.6 Å². The predicted molar refractivity (Wildman–Crippen MR) is 159 cm³/mol. The molecule has 1 heterocycles. The van der Waals surface area contributed by atoms with Gasteiger partial charge in [-0.05, 0) is 58.5 Å². The highest BCUT2D eigenvalue weighted by atomic mass is 31.1. The molecule has 0 amide bonds. The van der Waals surface area contributed by atoms with Crippen LogP contribution in [0.3, 0.4) is 0 Å². The number of nitrogens with zero attached hydrogens (tertiary/aromatic N) is 2. The lowest BCUT2D eigenvalue weighted by Crippen LogP contribution is -2.10. The molecule has 3 atom stereocenters. The van der Waals surface area contributed by atoms with Crippen LogP contribution in [0, 0.1) is 17.8 Å². The van der Waals surface area contributed by atoms with Gasteiger partial charge in [-0.2, -0.15) is 0 Å². The highest BCUT2D eigenvalue weighted by Gasteiger charge is 2.12. The molecule has 0 aliphatic carbocycles. The van der Waals surface area contributed by atoms with Crippen molar-refractivity contribution in [1.82, 2.24) is 0 Å². The van der Waals surface area contributed by atoms with Gasteiger partial charge in [-0.15, -0.1) is 7.92 Å². The first-order chi connectivity index (χ1) is 17.6. The Labute approximate surface area is 228 Å². The molecule has 1 rings (SSSR count). The highest BCUT2D eigenvalue weighted by molar-refractivity contribution is 7.57. The van der Waals surface area contributed by atoms with Crippen LogP contribution in [0.4, 0.5) is 0 Å². The highest BCUT2D eigenvalue weighted by Crippen LogP contribution is 2.38. The smallest absolute Gasteiger partial charge is 0.134 e. The van der Waals surface area contributed by atoms with Gasteiger partial charge in [0.2, 0.25) is 0 Å². The Bertz CT molecular complexity index is 531. The van der Waals surface area contributed by atoms with E-state index in [1.165, 1.54) is 45.4 Å². The number of ketones is 1. The van der Waals surface area contributed by atoms with Crippen molar-refractivity contribution in [1.29, 1.82) is 0 Å². The van der Waals surface area contributed by atoms with Gasteiger partial charge < -0.3 is 25.5 Å². The Morgan fingerprint density at radius 2 is 1.41 bits per heavy atom. The third-order valence-electron chi connectivity index (χ3n) is 5.84. The van der Waals surface area contributed by atoms with Gasteiger partial charge in [-0.3, -0.25) is 4.79 Å². The number of hydrogen-bond acceptors (Lipinski definition) is 9. The van der Waals surface area contributed by atoms with Crippen LogP contribution < -0.4 is 5.90 Å². The SMILES string of the molecule is C/C(=N\O)C(C)CO.CC(=O)C(C)CO.CC1=NOCC1C.CCCCP(CCCC)CCCC.NO. The van der Waals surface area contributed by atoms with Crippen molar-refractivity contribution in [3.63, 3.8) is 0 Å². The zero-order valence-electron chi connectivity index (χ0n) is 25.2. The number of unbranched alkanes of at least 4 members (excludes halogenated alkanes) is 3. The second-order valence-electron chi connectivity index (χ2n) is 9.35. The molecule has 0 aromatic heterocycles. The number of aliphatic hydroxyl groups excluding tert-OH is 2. The summed E-state index contributed by atoms with van der Waals surface area (Å²) in [4.78, 5) is 15.0. The predicted octanol–water partition coefficient (Wildman–Crippen LogP) is 5.90. The van der Waals surface area contributed by atoms with E-state index < -0.39 is 0 Å². The molecular formula is C27H60N3O6P. The Hall–Kier alpha value is -1.12. The monoisotopic (exact) mass is 553 g/mol. The lowest BCUT2D eigenvalue weighted by Gasteiger charge is -2.16. The van der Waals surface area contributed by atoms with E-state index >= 15 is 0 Å². The molecule has 37 heavy (non-hydrogen) atoms. The summed E-state index contributed by atoms with van der Waals surface area (Å²) in [6.45, 7) is 18.4. The molecule has 3 unspecified atom stereocenters. The molecule has 0 saturated carbocycles. The molecule has 0 saturated heterocycles. The summed E-state index contributed by atoms with van der Waals surface area (Å²) in [6.07, 6.45) is 13.2. The van der Waals surface area contributed by atoms with Crippen LogP contribution in [0.25, 0.3) is 0 Å². The standard InChI is InChI=1S/C12H27P.C5H11NO2.C5H9NO.C5H10O2.H3NO/c1-4-7-10-13(11-8-5-2)12-9-6-3;1-4(3-7)5(2)6-8;1-4-3-7-6-5(4)2;1-4(3-6)5(2)7;1-2/h4-12H2,1-3H3;4,7-8H,3H2,1-2H3;4H,3H2,1-2H3;4,6H,3H2,1-2H3;2H,1H2/b;6-5+;;;. The van der Waals surface area contributed by atoms with Gasteiger partial charge in [-0.1, -0.05) is 71.1 Å². The van der Waals surface area contributed by atoms with E-state index in [1.807, 2.05) is 6.92 Å². The Kier molecular flexibility index (Phi) is 38.2. The fourth-order valence-electron chi connectivity index (χ4n) is 2.30. The van der Waals surface area contributed by atoms with Crippen molar-refractivity contribution in [2.75, 3.05) is 38.3 Å². The number of aliphatic hydroxyl groups is 2. The first-order valence-corrected chi connectivity index (χ1v) is 15.5. The first kappa shape index (κ1) is 43.0. The number of oxime groups is 2. The van der Waals surface area contributed by atoms with Gasteiger partial charge in [0.25, 0.3) is 0 Å². The number of Topliss-reactive ketones (excluding diaryl/α,β-unsaturated/α-hetero) is 1. The van der Waals surface area contributed by atoms with Crippen LogP contribution in [-0.2, 0) is 9.63 Å². The molecular weight excluding hydrogens is 493 g/mol. The summed E-state index contributed by atoms with van der Waals surface area (Å²) in [5.41, 5.74) is 1.67. The van der Waals surface area contributed by atoms with Crippen molar-refractivity contribution in [3.05, 3.63) is 0 Å². The average Bonchev–Trinajstić information content (AvgIpc) is 3.30. The van der Waals surface area contributed by atoms with Gasteiger partial charge in [0.05, 0.1) is 24.6 Å². The Balaban J connectivity index is -0.000000199. The van der Waals surface area contributed by atoms with Crippen LogP contribution in [-0.4, -0.2) is 76.1 Å². The minimum Gasteiger partial charge on any atom is -0.411 e. The second kappa shape index (κ2) is 32.9. The Morgan fingerprint density at radius 1 is 1.00 bits per heavy atom. The minimum absolute atomic E-state index is 0.0278. The van der Waals surface area contributed by atoms with E-state index in [0.717, 1.165) is 12.3 Å². The number of carbonyl (C=O) groups is 1. The number of carbonyl (C=O) groups excluding carboxylic acids is 1. The largest absolute Gasteiger partial charge is 0.411 e. The van der Waals surface area contributed by atoms with Crippen LogP contribution in [0.2, 0.25) is 0 Å². The quantitative estimate of drug-likeness (QED) is 0.0822. The van der Waals surface area contributed by atoms with E-state index in [-0.39, 0.29) is 30.8 Å². The number of hydrogen-bond donors (Lipinski definition) is 5. The van der Waals surface area contributed by atoms with E-state index in [2.05, 4.69) is 43.9 Å². The summed E-state index contributed by atoms with van der Waals surface area (Å²) >= 11 is 0. The fraction of sp³-hybridized carbons (Fsp3) is 0.889. The number of rotatable bonds is 13. The van der Waals surface area contributed by atoms with Crippen molar-refractivity contribution in [2.24, 2.45) is 34.0 Å². The van der Waals surface area contributed by atoms with Crippen LogP contribution in [0.15, 0.2) is 10.3 Å². The lowest BCUT2D eigenvalue weighted by molar-refractivity contribution is -0.121. The second-order valence-corrected chi connectivity index (χ2v) is 12.0. The molecule has 0 aromatic carbocycles. The van der Waals surface area contributed by atoms with Gasteiger partial charge in [0.15, 0.2) is 0 Å². The van der Waals surface area contributed by atoms with E-state index in [1.54, 1.807) is 39.3 Å². The molecule has 0 spiro atoms. The topological polar surface area (TPSA) is 158 Å². The Morgan fingerprint density at radius 3 is 1.54 bits per heavy atom. The lowest BCUT2D eigenvalue weighted by atomic mass is 10.1. The van der Waals surface area contributed by atoms with Crippen LogP contribution in [0.1, 0.15) is 101 Å². The van der Waals surface area contributed by atoms with E-state index in [9.17, 15) is 4.79 Å². The number of nitrogens with two attached hydrogens (primary N) is 1. The summed E-state index contributed by atoms with van der Waals surface area (Å²) in [6, 6.07) is 0. The molecule has 0 radical (unpaired) electrons. The molecule has 0 aromatic rings. The molecule has 224 valence electrons. The van der Waals surface area contributed by atoms with Gasteiger partial charge in [0, 0.05) is 17.8 Å². The van der Waals surface area contributed by atoms with Crippen LogP contribution in [0.5, 0.6) is 0 Å². The van der Waals surface area contributed by atoms with Crippen molar-refractivity contribution >= 4 is 25.1 Å². The summed E-state index contributed by atoms with van der Waals surface area (Å²) in [7, 11) is 0.422. The van der Waals surface area contributed by atoms with Crippen molar-refractivity contribution in [3.8, 4) is 0 Å². The fourth-order valence-corrected chi connectivity index (χ4v) is 5.26. The molecule has 10 heteroatoms. The van der Waals surface area contributed by atoms with E-state index in [4.69, 9.17) is 25.5 Å². The molecule has 9 nitrogen and oxygen atoms in total. The summed E-state index contributed by atoms with van der Waals surface area (Å²) in [5, 5.41) is 38.0. The van der Waals surface area contributed by atoms with Crippen molar-refractivity contribution < 1.29 is 30.3 Å². The summed E-state index contributed by atoms with van der Waals surface area (Å²) in [5.74, 6) is 3.88. The average molecular weight is 554 g/mol.